The highest BCUT2D eigenvalue weighted by atomic mass is 19.4. The third kappa shape index (κ3) is 3.13. The lowest BCUT2D eigenvalue weighted by Gasteiger charge is -2.57. The SMILES string of the molecule is O=C(OCCC12CC3CC(CC(C3)C1)C2)C([O-])(C(F)(F)F)C(F)(F)F. The largest absolute Gasteiger partial charge is 0.828 e. The molecule has 0 radical (unpaired) electrons. The minimum absolute atomic E-state index is 0.170. The van der Waals surface area contributed by atoms with Gasteiger partial charge in [0, 0.05) is 0 Å². The summed E-state index contributed by atoms with van der Waals surface area (Å²) in [7, 11) is 0. The van der Waals surface area contributed by atoms with Gasteiger partial charge < -0.3 is 9.84 Å². The Balaban J connectivity index is 1.63. The Bertz CT molecular complexity index is 490. The Morgan fingerprint density at radius 3 is 1.68 bits per heavy atom. The lowest BCUT2D eigenvalue weighted by molar-refractivity contribution is -0.574. The molecule has 4 fully saturated rings. The van der Waals surface area contributed by atoms with Gasteiger partial charge in [0.1, 0.15) is 0 Å². The van der Waals surface area contributed by atoms with E-state index in [0.717, 1.165) is 38.5 Å². The molecule has 0 saturated heterocycles. The van der Waals surface area contributed by atoms with E-state index in [2.05, 4.69) is 4.74 Å². The van der Waals surface area contributed by atoms with E-state index in [1.807, 2.05) is 0 Å². The topological polar surface area (TPSA) is 49.4 Å². The summed E-state index contributed by atoms with van der Waals surface area (Å²) in [5.41, 5.74) is -5.90. The number of esters is 1. The summed E-state index contributed by atoms with van der Waals surface area (Å²) in [6, 6.07) is 0. The standard InChI is InChI=1S/C16H19F6O3/c17-15(18,19)14(24,16(20,21)22)12(23)25-2-1-13-6-9-3-10(7-13)5-11(4-9)8-13/h9-11H,1-8H2/q-1. The van der Waals surface area contributed by atoms with E-state index < -0.39 is 30.5 Å². The fourth-order valence-corrected chi connectivity index (χ4v) is 5.45. The average molecular weight is 373 g/mol. The number of rotatable bonds is 4. The normalized spacial score (nSPS) is 35.1. The van der Waals surface area contributed by atoms with E-state index in [1.165, 1.54) is 0 Å². The van der Waals surface area contributed by atoms with Gasteiger partial charge in [0.15, 0.2) is 5.60 Å². The number of hydrogen-bond acceptors (Lipinski definition) is 3. The molecule has 3 nitrogen and oxygen atoms in total. The monoisotopic (exact) mass is 373 g/mol. The van der Waals surface area contributed by atoms with Crippen LogP contribution in [0.15, 0.2) is 0 Å². The molecular formula is C16H19F6O3-. The lowest BCUT2D eigenvalue weighted by Crippen LogP contribution is -2.71. The number of alkyl halides is 6. The van der Waals surface area contributed by atoms with Crippen molar-refractivity contribution < 1.29 is 41.0 Å². The van der Waals surface area contributed by atoms with Gasteiger partial charge in [-0.15, -0.1) is 0 Å². The highest BCUT2D eigenvalue weighted by molar-refractivity contribution is 5.81. The van der Waals surface area contributed by atoms with Crippen LogP contribution >= 0.6 is 0 Å². The van der Waals surface area contributed by atoms with Crippen LogP contribution < -0.4 is 5.11 Å². The lowest BCUT2D eigenvalue weighted by atomic mass is 9.49. The molecule has 0 aliphatic heterocycles. The van der Waals surface area contributed by atoms with Gasteiger partial charge in [-0.05, 0) is 68.1 Å². The van der Waals surface area contributed by atoms with Crippen molar-refractivity contribution in [3.05, 3.63) is 0 Å². The third-order valence-corrected chi connectivity index (χ3v) is 6.12. The molecule has 0 N–H and O–H groups in total. The smallest absolute Gasteiger partial charge is 0.399 e. The summed E-state index contributed by atoms with van der Waals surface area (Å²) in [6.07, 6.45) is -6.38. The van der Waals surface area contributed by atoms with Crippen LogP contribution in [0.1, 0.15) is 44.9 Å². The van der Waals surface area contributed by atoms with Gasteiger partial charge in [0.05, 0.1) is 6.61 Å². The quantitative estimate of drug-likeness (QED) is 0.561. The fraction of sp³-hybridized carbons (Fsp3) is 0.938. The average Bonchev–Trinajstić information content (AvgIpc) is 2.42. The maximum absolute atomic E-state index is 12.6. The molecule has 144 valence electrons. The maximum Gasteiger partial charge on any atom is 0.399 e. The van der Waals surface area contributed by atoms with Crippen molar-refractivity contribution in [3.8, 4) is 0 Å². The molecule has 0 aromatic heterocycles. The van der Waals surface area contributed by atoms with Gasteiger partial charge in [-0.25, -0.2) is 0 Å². The minimum atomic E-state index is -6.30. The van der Waals surface area contributed by atoms with E-state index in [4.69, 9.17) is 0 Å². The highest BCUT2D eigenvalue weighted by Crippen LogP contribution is 2.61. The van der Waals surface area contributed by atoms with Crippen molar-refractivity contribution in [1.29, 1.82) is 0 Å². The second-order valence-corrected chi connectivity index (χ2v) is 7.98. The number of carbonyl (C=O) groups excluding carboxylic acids is 1. The molecule has 0 amide bonds. The van der Waals surface area contributed by atoms with Crippen molar-refractivity contribution in [2.45, 2.75) is 62.9 Å². The van der Waals surface area contributed by atoms with E-state index in [1.54, 1.807) is 0 Å². The molecule has 4 saturated carbocycles. The summed E-state index contributed by atoms with van der Waals surface area (Å²) in [5.74, 6) is -1.17. The summed E-state index contributed by atoms with van der Waals surface area (Å²) < 4.78 is 79.6. The molecule has 4 rings (SSSR count). The van der Waals surface area contributed by atoms with Crippen LogP contribution in [0, 0.1) is 23.2 Å². The van der Waals surface area contributed by atoms with E-state index in [0.29, 0.717) is 17.8 Å². The van der Waals surface area contributed by atoms with Crippen LogP contribution in [0.4, 0.5) is 26.3 Å². The molecule has 0 unspecified atom stereocenters. The zero-order valence-corrected chi connectivity index (χ0v) is 13.4. The molecule has 0 atom stereocenters. The van der Waals surface area contributed by atoms with Crippen LogP contribution in [-0.2, 0) is 9.53 Å². The Morgan fingerprint density at radius 2 is 1.32 bits per heavy atom. The second-order valence-electron chi connectivity index (χ2n) is 7.98. The Hall–Kier alpha value is -0.990. The molecule has 4 aliphatic carbocycles. The first kappa shape index (κ1) is 18.8. The third-order valence-electron chi connectivity index (χ3n) is 6.12. The Labute approximate surface area is 140 Å². The fourth-order valence-electron chi connectivity index (χ4n) is 5.45. The van der Waals surface area contributed by atoms with Crippen LogP contribution in [0.2, 0.25) is 0 Å². The predicted octanol–water partition coefficient (Wildman–Crippen LogP) is 3.36. The molecule has 4 aliphatic rings. The minimum Gasteiger partial charge on any atom is -0.828 e. The van der Waals surface area contributed by atoms with Crippen LogP contribution in [0.25, 0.3) is 0 Å². The highest BCUT2D eigenvalue weighted by Gasteiger charge is 2.68. The molecule has 9 heteroatoms. The van der Waals surface area contributed by atoms with Gasteiger partial charge >= 0.3 is 18.3 Å². The Morgan fingerprint density at radius 1 is 0.920 bits per heavy atom. The van der Waals surface area contributed by atoms with Gasteiger partial charge in [0.25, 0.3) is 0 Å². The van der Waals surface area contributed by atoms with Gasteiger partial charge in [-0.2, -0.15) is 26.3 Å². The summed E-state index contributed by atoms with van der Waals surface area (Å²) in [5, 5.41) is 11.3. The van der Waals surface area contributed by atoms with Crippen molar-refractivity contribution in [2.75, 3.05) is 6.61 Å². The molecule has 0 aromatic carbocycles. The first-order valence-electron chi connectivity index (χ1n) is 8.37. The first-order chi connectivity index (χ1) is 11.4. The van der Waals surface area contributed by atoms with E-state index in [-0.39, 0.29) is 11.8 Å². The summed E-state index contributed by atoms with van der Waals surface area (Å²) >= 11 is 0. The zero-order valence-electron chi connectivity index (χ0n) is 13.4. The number of ether oxygens (including phenoxy) is 1. The second kappa shape index (κ2) is 5.76. The number of carbonyl (C=O) groups is 1. The first-order valence-corrected chi connectivity index (χ1v) is 8.37. The van der Waals surface area contributed by atoms with Crippen LogP contribution in [-0.4, -0.2) is 30.5 Å². The molecule has 0 spiro atoms. The Kier molecular flexibility index (Phi) is 4.33. The van der Waals surface area contributed by atoms with Crippen LogP contribution in [0.5, 0.6) is 0 Å². The molecule has 4 bridgehead atoms. The summed E-state index contributed by atoms with van der Waals surface area (Å²) in [4.78, 5) is 11.4. The number of halogens is 6. The maximum atomic E-state index is 12.6. The van der Waals surface area contributed by atoms with Gasteiger partial charge in [-0.1, -0.05) is 0 Å². The van der Waals surface area contributed by atoms with Crippen LogP contribution in [0.3, 0.4) is 0 Å². The predicted molar refractivity (Wildman–Crippen MR) is 71.0 cm³/mol. The molecule has 0 heterocycles. The van der Waals surface area contributed by atoms with Gasteiger partial charge in [-0.3, -0.25) is 4.79 Å². The molecule has 0 aromatic rings. The van der Waals surface area contributed by atoms with Gasteiger partial charge in [0.2, 0.25) is 0 Å². The van der Waals surface area contributed by atoms with Crippen molar-refractivity contribution in [3.63, 3.8) is 0 Å². The van der Waals surface area contributed by atoms with Crippen molar-refractivity contribution >= 4 is 5.97 Å². The van der Waals surface area contributed by atoms with Crippen molar-refractivity contribution in [1.82, 2.24) is 0 Å². The molecular weight excluding hydrogens is 354 g/mol. The number of hydrogen-bond donors (Lipinski definition) is 0. The van der Waals surface area contributed by atoms with E-state index in [9.17, 15) is 36.2 Å². The van der Waals surface area contributed by atoms with Crippen molar-refractivity contribution in [2.24, 2.45) is 23.2 Å². The molecule has 25 heavy (non-hydrogen) atoms. The summed E-state index contributed by atoms with van der Waals surface area (Å²) in [6.45, 7) is -0.582. The zero-order chi connectivity index (χ0) is 18.7. The van der Waals surface area contributed by atoms with E-state index >= 15 is 0 Å².